The first-order valence-corrected chi connectivity index (χ1v) is 6.71. The van der Waals surface area contributed by atoms with E-state index in [1.54, 1.807) is 0 Å². The zero-order chi connectivity index (χ0) is 13.1. The first kappa shape index (κ1) is 14.5. The van der Waals surface area contributed by atoms with Crippen molar-refractivity contribution in [1.29, 1.82) is 0 Å². The molecule has 0 radical (unpaired) electrons. The summed E-state index contributed by atoms with van der Waals surface area (Å²) in [6.07, 6.45) is 2.44. The van der Waals surface area contributed by atoms with Gasteiger partial charge in [0.25, 0.3) is 0 Å². The lowest BCUT2D eigenvalue weighted by Gasteiger charge is -2.33. The lowest BCUT2D eigenvalue weighted by molar-refractivity contribution is -0.144. The number of carbonyl (C=O) groups is 1. The van der Waals surface area contributed by atoms with Gasteiger partial charge in [-0.15, -0.1) is 0 Å². The zero-order valence-electron chi connectivity index (χ0n) is 11.5. The number of rotatable bonds is 6. The van der Waals surface area contributed by atoms with Crippen LogP contribution in [0.25, 0.3) is 0 Å². The van der Waals surface area contributed by atoms with Gasteiger partial charge in [0.15, 0.2) is 0 Å². The fraction of sp³-hybridized carbons (Fsp3) is 0.923. The summed E-state index contributed by atoms with van der Waals surface area (Å²) in [5, 5.41) is 12.6. The average Bonchev–Trinajstić information content (AvgIpc) is 2.64. The highest BCUT2D eigenvalue weighted by Gasteiger charge is 2.46. The molecule has 1 aliphatic rings. The number of aliphatic carboxylic acids is 1. The molecule has 0 saturated heterocycles. The summed E-state index contributed by atoms with van der Waals surface area (Å²) in [6.45, 7) is 10.2. The van der Waals surface area contributed by atoms with Gasteiger partial charge in [-0.1, -0.05) is 13.8 Å². The van der Waals surface area contributed by atoms with Crippen LogP contribution < -0.4 is 5.32 Å². The smallest absolute Gasteiger partial charge is 0.323 e. The van der Waals surface area contributed by atoms with Crippen molar-refractivity contribution in [3.05, 3.63) is 0 Å². The Morgan fingerprint density at radius 1 is 1.53 bits per heavy atom. The minimum Gasteiger partial charge on any atom is -0.480 e. The van der Waals surface area contributed by atoms with Crippen molar-refractivity contribution >= 4 is 5.97 Å². The molecule has 0 aromatic rings. The van der Waals surface area contributed by atoms with Gasteiger partial charge in [-0.05, 0) is 46.2 Å². The molecule has 17 heavy (non-hydrogen) atoms. The Morgan fingerprint density at radius 2 is 2.18 bits per heavy atom. The van der Waals surface area contributed by atoms with E-state index in [2.05, 4.69) is 31.0 Å². The standard InChI is InChI=1S/C13H26N2O2/c1-5-14-13(12(16)17)8-7-11(9-13)15(6-2)10(3)4/h10-11,14H,5-9H2,1-4H3,(H,16,17). The molecular weight excluding hydrogens is 216 g/mol. The van der Waals surface area contributed by atoms with E-state index in [0.29, 0.717) is 18.6 Å². The quantitative estimate of drug-likeness (QED) is 0.744. The third-order valence-electron chi connectivity index (χ3n) is 3.91. The van der Waals surface area contributed by atoms with Crippen molar-refractivity contribution in [3.8, 4) is 0 Å². The molecule has 0 bridgehead atoms. The lowest BCUT2D eigenvalue weighted by Crippen LogP contribution is -2.51. The van der Waals surface area contributed by atoms with E-state index in [9.17, 15) is 9.90 Å². The van der Waals surface area contributed by atoms with Gasteiger partial charge in [0.05, 0.1) is 0 Å². The topological polar surface area (TPSA) is 52.6 Å². The Bertz CT molecular complexity index is 268. The average molecular weight is 242 g/mol. The van der Waals surface area contributed by atoms with Gasteiger partial charge in [0.2, 0.25) is 0 Å². The van der Waals surface area contributed by atoms with Crippen molar-refractivity contribution in [2.24, 2.45) is 0 Å². The van der Waals surface area contributed by atoms with Gasteiger partial charge in [-0.2, -0.15) is 0 Å². The molecule has 4 heteroatoms. The van der Waals surface area contributed by atoms with Crippen LogP contribution in [0.2, 0.25) is 0 Å². The minimum absolute atomic E-state index is 0.398. The van der Waals surface area contributed by atoms with Crippen LogP contribution in [0.1, 0.15) is 47.0 Å². The third kappa shape index (κ3) is 2.99. The second-order valence-corrected chi connectivity index (χ2v) is 5.24. The summed E-state index contributed by atoms with van der Waals surface area (Å²) < 4.78 is 0. The Balaban J connectivity index is 2.75. The molecule has 100 valence electrons. The monoisotopic (exact) mass is 242 g/mol. The SMILES string of the molecule is CCNC1(C(=O)O)CCC(N(CC)C(C)C)C1. The van der Waals surface area contributed by atoms with E-state index < -0.39 is 11.5 Å². The molecule has 0 amide bonds. The minimum atomic E-state index is -0.693. The molecule has 4 nitrogen and oxygen atoms in total. The normalized spacial score (nSPS) is 29.2. The van der Waals surface area contributed by atoms with Crippen molar-refractivity contribution in [2.45, 2.75) is 64.6 Å². The van der Waals surface area contributed by atoms with Crippen LogP contribution in [-0.2, 0) is 4.79 Å². The zero-order valence-corrected chi connectivity index (χ0v) is 11.5. The van der Waals surface area contributed by atoms with Crippen molar-refractivity contribution in [1.82, 2.24) is 10.2 Å². The van der Waals surface area contributed by atoms with Crippen LogP contribution in [-0.4, -0.2) is 46.7 Å². The summed E-state index contributed by atoms with van der Waals surface area (Å²) in [5.74, 6) is -0.693. The summed E-state index contributed by atoms with van der Waals surface area (Å²) in [5.41, 5.74) is -0.693. The first-order chi connectivity index (χ1) is 7.96. The van der Waals surface area contributed by atoms with Gasteiger partial charge in [-0.3, -0.25) is 9.69 Å². The Kier molecular flexibility index (Phi) is 4.95. The molecule has 2 N–H and O–H groups in total. The van der Waals surface area contributed by atoms with E-state index in [1.807, 2.05) is 6.92 Å². The van der Waals surface area contributed by atoms with Gasteiger partial charge in [0.1, 0.15) is 5.54 Å². The molecule has 1 fully saturated rings. The lowest BCUT2D eigenvalue weighted by atomic mass is 9.97. The number of nitrogens with one attached hydrogen (secondary N) is 1. The Morgan fingerprint density at radius 3 is 2.59 bits per heavy atom. The van der Waals surface area contributed by atoms with E-state index in [4.69, 9.17) is 0 Å². The van der Waals surface area contributed by atoms with Crippen LogP contribution in [0.5, 0.6) is 0 Å². The maximum absolute atomic E-state index is 11.5. The maximum Gasteiger partial charge on any atom is 0.323 e. The number of hydrogen-bond acceptors (Lipinski definition) is 3. The summed E-state index contributed by atoms with van der Waals surface area (Å²) in [7, 11) is 0. The molecule has 1 aliphatic carbocycles. The van der Waals surface area contributed by atoms with Crippen molar-refractivity contribution in [3.63, 3.8) is 0 Å². The molecule has 0 aromatic heterocycles. The number of carboxylic acids is 1. The molecule has 0 spiro atoms. The van der Waals surface area contributed by atoms with Gasteiger partial charge < -0.3 is 10.4 Å². The predicted molar refractivity (Wildman–Crippen MR) is 69.2 cm³/mol. The molecule has 2 unspecified atom stereocenters. The third-order valence-corrected chi connectivity index (χ3v) is 3.91. The molecule has 0 aromatic carbocycles. The largest absolute Gasteiger partial charge is 0.480 e. The Hall–Kier alpha value is -0.610. The van der Waals surface area contributed by atoms with E-state index in [1.165, 1.54) is 0 Å². The fourth-order valence-corrected chi connectivity index (χ4v) is 3.12. The van der Waals surface area contributed by atoms with Crippen LogP contribution in [0.3, 0.4) is 0 Å². The number of nitrogens with zero attached hydrogens (tertiary/aromatic N) is 1. The van der Waals surface area contributed by atoms with Crippen molar-refractivity contribution < 1.29 is 9.90 Å². The summed E-state index contributed by atoms with van der Waals surface area (Å²) >= 11 is 0. The molecule has 0 heterocycles. The predicted octanol–water partition coefficient (Wildman–Crippen LogP) is 1.70. The highest BCUT2D eigenvalue weighted by Crippen LogP contribution is 2.34. The van der Waals surface area contributed by atoms with Gasteiger partial charge >= 0.3 is 5.97 Å². The van der Waals surface area contributed by atoms with Gasteiger partial charge in [0, 0.05) is 12.1 Å². The maximum atomic E-state index is 11.5. The molecule has 0 aliphatic heterocycles. The van der Waals surface area contributed by atoms with E-state index in [0.717, 1.165) is 25.8 Å². The molecule has 1 saturated carbocycles. The van der Waals surface area contributed by atoms with Crippen molar-refractivity contribution in [2.75, 3.05) is 13.1 Å². The molecule has 2 atom stereocenters. The Labute approximate surface area is 104 Å². The van der Waals surface area contributed by atoms with Gasteiger partial charge in [-0.25, -0.2) is 0 Å². The highest BCUT2D eigenvalue weighted by molar-refractivity contribution is 5.79. The van der Waals surface area contributed by atoms with E-state index in [-0.39, 0.29) is 0 Å². The summed E-state index contributed by atoms with van der Waals surface area (Å²) in [6, 6.07) is 0.881. The van der Waals surface area contributed by atoms with Crippen LogP contribution in [0.15, 0.2) is 0 Å². The second kappa shape index (κ2) is 5.83. The van der Waals surface area contributed by atoms with Crippen LogP contribution in [0, 0.1) is 0 Å². The van der Waals surface area contributed by atoms with Crippen LogP contribution >= 0.6 is 0 Å². The number of hydrogen-bond donors (Lipinski definition) is 2. The second-order valence-electron chi connectivity index (χ2n) is 5.24. The molecule has 1 rings (SSSR count). The summed E-state index contributed by atoms with van der Waals surface area (Å²) in [4.78, 5) is 13.9. The number of likely N-dealkylation sites (N-methyl/N-ethyl adjacent to an activating group) is 1. The fourth-order valence-electron chi connectivity index (χ4n) is 3.12. The molecular formula is C13H26N2O2. The highest BCUT2D eigenvalue weighted by atomic mass is 16.4. The first-order valence-electron chi connectivity index (χ1n) is 6.71. The number of carboxylic acid groups (broad SMARTS) is 1. The van der Waals surface area contributed by atoms with Crippen LogP contribution in [0.4, 0.5) is 0 Å². The van der Waals surface area contributed by atoms with E-state index >= 15 is 0 Å².